The SMILES string of the molecule is CC(C)CC(=O)Nc1cccc(-c2ccnc3c(-c4ccc(Cl)c(Cl)c4)cnn23)c1. The van der Waals surface area contributed by atoms with Gasteiger partial charge in [-0.3, -0.25) is 4.79 Å². The minimum atomic E-state index is 0.00279. The largest absolute Gasteiger partial charge is 0.326 e. The third-order valence-corrected chi connectivity index (χ3v) is 5.41. The lowest BCUT2D eigenvalue weighted by Crippen LogP contribution is -2.13. The summed E-state index contributed by atoms with van der Waals surface area (Å²) >= 11 is 12.2. The summed E-state index contributed by atoms with van der Waals surface area (Å²) in [6.45, 7) is 4.04. The number of benzene rings is 2. The zero-order valence-corrected chi connectivity index (χ0v) is 18.1. The van der Waals surface area contributed by atoms with Crippen LogP contribution in [0.2, 0.25) is 10.0 Å². The van der Waals surface area contributed by atoms with Gasteiger partial charge >= 0.3 is 0 Å². The number of carbonyl (C=O) groups excluding carboxylic acids is 1. The molecule has 0 aliphatic carbocycles. The highest BCUT2D eigenvalue weighted by atomic mass is 35.5. The van der Waals surface area contributed by atoms with Crippen molar-refractivity contribution >= 4 is 40.4 Å². The standard InChI is InChI=1S/C23H20Cl2N4O/c1-14(2)10-22(30)28-17-5-3-4-16(11-17)21-8-9-26-23-18(13-27-29(21)23)15-6-7-19(24)20(25)12-15/h3-9,11-14H,10H2,1-2H3,(H,28,30). The molecule has 4 rings (SSSR count). The molecule has 0 radical (unpaired) electrons. The van der Waals surface area contributed by atoms with Crippen LogP contribution in [0.3, 0.4) is 0 Å². The van der Waals surface area contributed by atoms with Gasteiger partial charge in [0.05, 0.1) is 21.9 Å². The first kappa shape index (κ1) is 20.4. The summed E-state index contributed by atoms with van der Waals surface area (Å²) < 4.78 is 1.78. The van der Waals surface area contributed by atoms with Crippen molar-refractivity contribution in [2.75, 3.05) is 5.32 Å². The van der Waals surface area contributed by atoms with Crippen LogP contribution < -0.4 is 5.32 Å². The molecule has 2 aromatic carbocycles. The third-order valence-electron chi connectivity index (χ3n) is 4.67. The molecule has 0 aliphatic rings. The van der Waals surface area contributed by atoms with Gasteiger partial charge in [-0.25, -0.2) is 9.50 Å². The number of nitrogens with one attached hydrogen (secondary N) is 1. The number of aromatic nitrogens is 3. The van der Waals surface area contributed by atoms with Crippen molar-refractivity contribution in [1.29, 1.82) is 0 Å². The molecule has 0 unspecified atom stereocenters. The van der Waals surface area contributed by atoms with Gasteiger partial charge in [-0.2, -0.15) is 5.10 Å². The summed E-state index contributed by atoms with van der Waals surface area (Å²) in [5.74, 6) is 0.305. The number of halogens is 2. The lowest BCUT2D eigenvalue weighted by molar-refractivity contribution is -0.116. The maximum Gasteiger partial charge on any atom is 0.224 e. The van der Waals surface area contributed by atoms with E-state index in [2.05, 4.69) is 15.4 Å². The molecule has 0 spiro atoms. The Morgan fingerprint density at radius 3 is 2.67 bits per heavy atom. The van der Waals surface area contributed by atoms with Crippen molar-refractivity contribution < 1.29 is 4.79 Å². The maximum absolute atomic E-state index is 12.1. The van der Waals surface area contributed by atoms with E-state index in [1.165, 1.54) is 0 Å². The van der Waals surface area contributed by atoms with E-state index in [4.69, 9.17) is 23.2 Å². The molecule has 0 bridgehead atoms. The van der Waals surface area contributed by atoms with Crippen molar-refractivity contribution in [2.24, 2.45) is 5.92 Å². The molecule has 2 heterocycles. The summed E-state index contributed by atoms with van der Waals surface area (Å²) in [5.41, 5.74) is 5.00. The highest BCUT2D eigenvalue weighted by molar-refractivity contribution is 6.42. The average Bonchev–Trinajstić information content (AvgIpc) is 3.14. The normalized spacial score (nSPS) is 11.2. The number of rotatable bonds is 5. The molecule has 30 heavy (non-hydrogen) atoms. The maximum atomic E-state index is 12.1. The predicted molar refractivity (Wildman–Crippen MR) is 122 cm³/mol. The van der Waals surface area contributed by atoms with Crippen LogP contribution in [-0.2, 0) is 4.79 Å². The van der Waals surface area contributed by atoms with E-state index in [-0.39, 0.29) is 5.91 Å². The number of anilines is 1. The second-order valence-electron chi connectivity index (χ2n) is 7.48. The molecule has 2 aromatic heterocycles. The molecule has 0 saturated heterocycles. The molecule has 7 heteroatoms. The Bertz CT molecular complexity index is 1230. The molecule has 1 N–H and O–H groups in total. The van der Waals surface area contributed by atoms with Gasteiger partial charge in [-0.1, -0.05) is 55.2 Å². The summed E-state index contributed by atoms with van der Waals surface area (Å²) in [5, 5.41) is 8.49. The molecule has 5 nitrogen and oxygen atoms in total. The van der Waals surface area contributed by atoms with Crippen LogP contribution in [0, 0.1) is 5.92 Å². The monoisotopic (exact) mass is 438 g/mol. The Kier molecular flexibility index (Phi) is 5.75. The minimum Gasteiger partial charge on any atom is -0.326 e. The van der Waals surface area contributed by atoms with E-state index in [1.54, 1.807) is 29.0 Å². The molecule has 0 fully saturated rings. The highest BCUT2D eigenvalue weighted by Gasteiger charge is 2.13. The van der Waals surface area contributed by atoms with Gasteiger partial charge in [-0.15, -0.1) is 0 Å². The molecular weight excluding hydrogens is 419 g/mol. The van der Waals surface area contributed by atoms with E-state index in [9.17, 15) is 4.79 Å². The van der Waals surface area contributed by atoms with Gasteiger partial charge in [0.2, 0.25) is 5.91 Å². The van der Waals surface area contributed by atoms with Crippen molar-refractivity contribution in [3.8, 4) is 22.4 Å². The zero-order chi connectivity index (χ0) is 21.3. The van der Waals surface area contributed by atoms with Crippen LogP contribution in [0.5, 0.6) is 0 Å². The molecule has 0 atom stereocenters. The quantitative estimate of drug-likeness (QED) is 0.394. The van der Waals surface area contributed by atoms with Crippen LogP contribution >= 0.6 is 23.2 Å². The van der Waals surface area contributed by atoms with E-state index >= 15 is 0 Å². The van der Waals surface area contributed by atoms with Crippen molar-refractivity contribution in [2.45, 2.75) is 20.3 Å². The number of hydrogen-bond acceptors (Lipinski definition) is 3. The van der Waals surface area contributed by atoms with Crippen LogP contribution in [-0.4, -0.2) is 20.5 Å². The van der Waals surface area contributed by atoms with Crippen LogP contribution in [0.1, 0.15) is 20.3 Å². The fourth-order valence-electron chi connectivity index (χ4n) is 3.32. The minimum absolute atomic E-state index is 0.00279. The molecule has 152 valence electrons. The Morgan fingerprint density at radius 1 is 1.07 bits per heavy atom. The first-order valence-electron chi connectivity index (χ1n) is 9.61. The molecule has 0 saturated carbocycles. The van der Waals surface area contributed by atoms with E-state index in [0.717, 1.165) is 28.1 Å². The number of hydrogen-bond donors (Lipinski definition) is 1. The number of carbonyl (C=O) groups is 1. The Hall–Kier alpha value is -2.89. The fourth-order valence-corrected chi connectivity index (χ4v) is 3.61. The summed E-state index contributed by atoms with van der Waals surface area (Å²) in [7, 11) is 0. The second kappa shape index (κ2) is 8.46. The number of amides is 1. The first-order chi connectivity index (χ1) is 14.4. The summed E-state index contributed by atoms with van der Waals surface area (Å²) in [6, 6.07) is 15.1. The second-order valence-corrected chi connectivity index (χ2v) is 8.29. The molecule has 1 amide bonds. The highest BCUT2D eigenvalue weighted by Crippen LogP contribution is 2.32. The Balaban J connectivity index is 1.72. The van der Waals surface area contributed by atoms with Crippen LogP contribution in [0.25, 0.3) is 28.0 Å². The van der Waals surface area contributed by atoms with E-state index < -0.39 is 0 Å². The first-order valence-corrected chi connectivity index (χ1v) is 10.4. The van der Waals surface area contributed by atoms with Crippen LogP contribution in [0.15, 0.2) is 60.9 Å². The average molecular weight is 439 g/mol. The van der Waals surface area contributed by atoms with Gasteiger partial charge in [0.1, 0.15) is 0 Å². The van der Waals surface area contributed by atoms with E-state index in [1.807, 2.05) is 50.2 Å². The molecule has 0 aliphatic heterocycles. The van der Waals surface area contributed by atoms with Gasteiger partial charge in [0, 0.05) is 29.4 Å². The Labute approximate surface area is 184 Å². The topological polar surface area (TPSA) is 59.3 Å². The van der Waals surface area contributed by atoms with Gasteiger partial charge in [0.25, 0.3) is 0 Å². The number of fused-ring (bicyclic) bond motifs is 1. The Morgan fingerprint density at radius 2 is 1.90 bits per heavy atom. The number of nitrogens with zero attached hydrogens (tertiary/aromatic N) is 3. The lowest BCUT2D eigenvalue weighted by atomic mass is 10.1. The summed E-state index contributed by atoms with van der Waals surface area (Å²) in [6.07, 6.45) is 3.99. The van der Waals surface area contributed by atoms with Gasteiger partial charge in [-0.05, 0) is 41.8 Å². The smallest absolute Gasteiger partial charge is 0.224 e. The summed E-state index contributed by atoms with van der Waals surface area (Å²) in [4.78, 5) is 16.6. The zero-order valence-electron chi connectivity index (χ0n) is 16.6. The molecule has 4 aromatic rings. The molecular formula is C23H20Cl2N4O. The van der Waals surface area contributed by atoms with Gasteiger partial charge in [0.15, 0.2) is 5.65 Å². The van der Waals surface area contributed by atoms with E-state index in [0.29, 0.717) is 28.0 Å². The van der Waals surface area contributed by atoms with Crippen molar-refractivity contribution in [3.63, 3.8) is 0 Å². The predicted octanol–water partition coefficient (Wildman–Crippen LogP) is 6.35. The van der Waals surface area contributed by atoms with Crippen molar-refractivity contribution in [1.82, 2.24) is 14.6 Å². The third kappa shape index (κ3) is 4.18. The van der Waals surface area contributed by atoms with Crippen LogP contribution in [0.4, 0.5) is 5.69 Å². The van der Waals surface area contributed by atoms with Crippen molar-refractivity contribution in [3.05, 3.63) is 71.0 Å². The van der Waals surface area contributed by atoms with Gasteiger partial charge < -0.3 is 5.32 Å². The lowest BCUT2D eigenvalue weighted by Gasteiger charge is -2.10. The fraction of sp³-hybridized carbons (Fsp3) is 0.174.